The van der Waals surface area contributed by atoms with Crippen molar-refractivity contribution >= 4 is 17.5 Å². The molecule has 0 aliphatic carbocycles. The first-order chi connectivity index (χ1) is 11.5. The smallest absolute Gasteiger partial charge is 0.290 e. The Balaban J connectivity index is 1.73. The van der Waals surface area contributed by atoms with Gasteiger partial charge in [-0.25, -0.2) is 4.39 Å². The predicted molar refractivity (Wildman–Crippen MR) is 83.0 cm³/mol. The Hall–Kier alpha value is -2.76. The molecule has 0 bridgehead atoms. The second-order valence-corrected chi connectivity index (χ2v) is 5.87. The number of carbonyl (C=O) groups excluding carboxylic acids is 3. The average Bonchev–Trinajstić information content (AvgIpc) is 3.03. The summed E-state index contributed by atoms with van der Waals surface area (Å²) in [5.74, 6) is -2.48. The van der Waals surface area contributed by atoms with Crippen molar-refractivity contribution in [3.63, 3.8) is 0 Å². The number of piperidine rings is 1. The van der Waals surface area contributed by atoms with Crippen LogP contribution in [0.1, 0.15) is 28.3 Å². The van der Waals surface area contributed by atoms with Gasteiger partial charge in [-0.1, -0.05) is 12.1 Å². The fourth-order valence-electron chi connectivity index (χ4n) is 2.72. The Labute approximate surface area is 138 Å². The van der Waals surface area contributed by atoms with Crippen molar-refractivity contribution in [2.24, 2.45) is 5.92 Å². The van der Waals surface area contributed by atoms with Crippen molar-refractivity contribution in [2.75, 3.05) is 13.6 Å². The molecule has 1 aromatic carbocycles. The van der Waals surface area contributed by atoms with Crippen LogP contribution < -0.4 is 0 Å². The number of benzene rings is 1. The fraction of sp³-hybridized carbons (Fsp3) is 0.278. The van der Waals surface area contributed by atoms with Gasteiger partial charge in [0.15, 0.2) is 5.76 Å². The standard InChI is InChI=1S/C18H16FNO4/c1-20-9-8-14(17(22)18(20)23)16(21)15-7-6-13(24-15)10-11-2-4-12(19)5-3-11/h2-7,14H,8-10H2,1H3. The summed E-state index contributed by atoms with van der Waals surface area (Å²) >= 11 is 0. The minimum absolute atomic E-state index is 0.0721. The van der Waals surface area contributed by atoms with E-state index in [1.165, 1.54) is 30.1 Å². The summed E-state index contributed by atoms with van der Waals surface area (Å²) < 4.78 is 18.4. The molecule has 0 radical (unpaired) electrons. The van der Waals surface area contributed by atoms with Gasteiger partial charge in [0.05, 0.1) is 5.92 Å². The molecule has 1 amide bonds. The normalized spacial score (nSPS) is 18.1. The minimum Gasteiger partial charge on any atom is -0.458 e. The Morgan fingerprint density at radius 1 is 1.21 bits per heavy atom. The topological polar surface area (TPSA) is 67.6 Å². The number of hydrogen-bond acceptors (Lipinski definition) is 4. The molecule has 5 nitrogen and oxygen atoms in total. The van der Waals surface area contributed by atoms with Gasteiger partial charge in [-0.05, 0) is 36.2 Å². The molecule has 3 rings (SSSR count). The van der Waals surface area contributed by atoms with Crippen LogP contribution in [0.5, 0.6) is 0 Å². The van der Waals surface area contributed by atoms with Gasteiger partial charge in [0.25, 0.3) is 5.91 Å². The molecule has 2 aromatic rings. The molecule has 1 aliphatic rings. The maximum absolute atomic E-state index is 12.9. The van der Waals surface area contributed by atoms with E-state index in [0.717, 1.165) is 5.56 Å². The number of carbonyl (C=O) groups is 3. The molecular weight excluding hydrogens is 313 g/mol. The summed E-state index contributed by atoms with van der Waals surface area (Å²) in [6.45, 7) is 0.365. The fourth-order valence-corrected chi connectivity index (χ4v) is 2.72. The highest BCUT2D eigenvalue weighted by atomic mass is 19.1. The van der Waals surface area contributed by atoms with E-state index in [2.05, 4.69) is 0 Å². The maximum Gasteiger partial charge on any atom is 0.290 e. The number of nitrogens with zero attached hydrogens (tertiary/aromatic N) is 1. The summed E-state index contributed by atoms with van der Waals surface area (Å²) in [6, 6.07) is 9.15. The van der Waals surface area contributed by atoms with Gasteiger partial charge in [-0.3, -0.25) is 14.4 Å². The summed E-state index contributed by atoms with van der Waals surface area (Å²) in [5.41, 5.74) is 0.843. The number of furan rings is 1. The van der Waals surface area contributed by atoms with Crippen molar-refractivity contribution < 1.29 is 23.2 Å². The zero-order valence-electron chi connectivity index (χ0n) is 13.1. The van der Waals surface area contributed by atoms with Gasteiger partial charge in [0, 0.05) is 20.0 Å². The van der Waals surface area contributed by atoms with E-state index in [1.807, 2.05) is 0 Å². The molecule has 124 valence electrons. The summed E-state index contributed by atoms with van der Waals surface area (Å²) in [6.07, 6.45) is 0.710. The van der Waals surface area contributed by atoms with Crippen LogP contribution in [0, 0.1) is 11.7 Å². The van der Waals surface area contributed by atoms with Gasteiger partial charge < -0.3 is 9.32 Å². The van der Waals surface area contributed by atoms with Crippen molar-refractivity contribution in [3.05, 3.63) is 59.3 Å². The highest BCUT2D eigenvalue weighted by molar-refractivity contribution is 6.41. The van der Waals surface area contributed by atoms with Gasteiger partial charge in [0.1, 0.15) is 11.6 Å². The first-order valence-corrected chi connectivity index (χ1v) is 7.62. The second-order valence-electron chi connectivity index (χ2n) is 5.87. The molecule has 6 heteroatoms. The van der Waals surface area contributed by atoms with E-state index < -0.39 is 23.4 Å². The van der Waals surface area contributed by atoms with Gasteiger partial charge in [-0.15, -0.1) is 0 Å². The average molecular weight is 329 g/mol. The van der Waals surface area contributed by atoms with Gasteiger partial charge in [0.2, 0.25) is 11.6 Å². The zero-order chi connectivity index (χ0) is 17.3. The first kappa shape index (κ1) is 16.1. The molecule has 1 saturated heterocycles. The van der Waals surface area contributed by atoms with Gasteiger partial charge >= 0.3 is 0 Å². The molecule has 0 spiro atoms. The van der Waals surface area contributed by atoms with E-state index in [0.29, 0.717) is 25.1 Å². The highest BCUT2D eigenvalue weighted by Gasteiger charge is 2.38. The van der Waals surface area contributed by atoms with Crippen LogP contribution in [-0.2, 0) is 16.0 Å². The number of rotatable bonds is 4. The third-order valence-corrected chi connectivity index (χ3v) is 4.14. The van der Waals surface area contributed by atoms with E-state index in [4.69, 9.17) is 4.42 Å². The maximum atomic E-state index is 12.9. The third kappa shape index (κ3) is 3.13. The Morgan fingerprint density at radius 2 is 1.92 bits per heavy atom. The molecule has 1 aromatic heterocycles. The quantitative estimate of drug-likeness (QED) is 0.490. The molecule has 2 heterocycles. The lowest BCUT2D eigenvalue weighted by Gasteiger charge is -2.25. The van der Waals surface area contributed by atoms with Crippen LogP contribution in [-0.4, -0.2) is 36.0 Å². The molecule has 1 fully saturated rings. The van der Waals surface area contributed by atoms with Crippen LogP contribution in [0.4, 0.5) is 4.39 Å². The molecule has 0 N–H and O–H groups in total. The second kappa shape index (κ2) is 6.39. The lowest BCUT2D eigenvalue weighted by Crippen LogP contribution is -2.46. The Morgan fingerprint density at radius 3 is 2.62 bits per heavy atom. The number of amides is 1. The van der Waals surface area contributed by atoms with Crippen LogP contribution in [0.15, 0.2) is 40.8 Å². The lowest BCUT2D eigenvalue weighted by molar-refractivity contribution is -0.147. The largest absolute Gasteiger partial charge is 0.458 e. The molecular formula is C18H16FNO4. The summed E-state index contributed by atoms with van der Waals surface area (Å²) in [4.78, 5) is 37.5. The zero-order valence-corrected chi connectivity index (χ0v) is 13.1. The molecule has 24 heavy (non-hydrogen) atoms. The van der Waals surface area contributed by atoms with Crippen molar-refractivity contribution in [3.8, 4) is 0 Å². The molecule has 1 unspecified atom stereocenters. The van der Waals surface area contributed by atoms with E-state index in [-0.39, 0.29) is 11.6 Å². The Kier molecular flexibility index (Phi) is 4.29. The van der Waals surface area contributed by atoms with Gasteiger partial charge in [-0.2, -0.15) is 0 Å². The van der Waals surface area contributed by atoms with E-state index in [1.54, 1.807) is 18.2 Å². The lowest BCUT2D eigenvalue weighted by atomic mass is 9.90. The summed E-state index contributed by atoms with van der Waals surface area (Å²) in [7, 11) is 1.54. The number of Topliss-reactive ketones (excluding diaryl/α,β-unsaturated/α-hetero) is 2. The third-order valence-electron chi connectivity index (χ3n) is 4.14. The van der Waals surface area contributed by atoms with Crippen LogP contribution >= 0.6 is 0 Å². The number of halogens is 1. The number of ketones is 2. The number of likely N-dealkylation sites (tertiary alicyclic amines) is 1. The van der Waals surface area contributed by atoms with Crippen LogP contribution in [0.25, 0.3) is 0 Å². The van der Waals surface area contributed by atoms with E-state index >= 15 is 0 Å². The minimum atomic E-state index is -0.974. The number of likely N-dealkylation sites (N-methyl/N-ethyl adjacent to an activating group) is 1. The molecule has 1 atom stereocenters. The van der Waals surface area contributed by atoms with E-state index in [9.17, 15) is 18.8 Å². The monoisotopic (exact) mass is 329 g/mol. The van der Waals surface area contributed by atoms with Crippen LogP contribution in [0.2, 0.25) is 0 Å². The predicted octanol–water partition coefficient (Wildman–Crippen LogP) is 2.24. The SMILES string of the molecule is CN1CCC(C(=O)c2ccc(Cc3ccc(F)cc3)o2)C(=O)C1=O. The van der Waals surface area contributed by atoms with Crippen molar-refractivity contribution in [1.82, 2.24) is 4.90 Å². The molecule has 1 aliphatic heterocycles. The first-order valence-electron chi connectivity index (χ1n) is 7.62. The van der Waals surface area contributed by atoms with Crippen molar-refractivity contribution in [1.29, 1.82) is 0 Å². The highest BCUT2D eigenvalue weighted by Crippen LogP contribution is 2.22. The van der Waals surface area contributed by atoms with Crippen LogP contribution in [0.3, 0.4) is 0 Å². The molecule has 0 saturated carbocycles. The Bertz CT molecular complexity index is 794. The number of hydrogen-bond donors (Lipinski definition) is 0. The van der Waals surface area contributed by atoms with Crippen molar-refractivity contribution in [2.45, 2.75) is 12.8 Å². The summed E-state index contributed by atoms with van der Waals surface area (Å²) in [5, 5.41) is 0.